The third kappa shape index (κ3) is 2.76. The summed E-state index contributed by atoms with van der Waals surface area (Å²) >= 11 is 0. The van der Waals surface area contributed by atoms with Crippen LogP contribution in [0.15, 0.2) is 0 Å². The van der Waals surface area contributed by atoms with Crippen molar-refractivity contribution in [3.05, 3.63) is 0 Å². The minimum absolute atomic E-state index is 0.167. The molecule has 0 aromatic heterocycles. The van der Waals surface area contributed by atoms with Crippen molar-refractivity contribution >= 4 is 12.0 Å². The molecule has 0 unspecified atom stereocenters. The van der Waals surface area contributed by atoms with Crippen LogP contribution >= 0.6 is 0 Å². The molecule has 0 aromatic rings. The summed E-state index contributed by atoms with van der Waals surface area (Å²) in [4.78, 5) is 25.2. The Kier molecular flexibility index (Phi) is 3.93. The van der Waals surface area contributed by atoms with Crippen molar-refractivity contribution in [2.45, 2.75) is 59.0 Å². The summed E-state index contributed by atoms with van der Waals surface area (Å²) in [5, 5.41) is 12.1. The number of nitrogens with one attached hydrogen (secondary N) is 1. The molecular weight excluding hydrogens is 232 g/mol. The van der Waals surface area contributed by atoms with E-state index >= 15 is 0 Å². The van der Waals surface area contributed by atoms with E-state index in [1.807, 2.05) is 6.92 Å². The van der Waals surface area contributed by atoms with Gasteiger partial charge in [0, 0.05) is 12.6 Å². The smallest absolute Gasteiger partial charge is 0.318 e. The Balaban J connectivity index is 2.75. The van der Waals surface area contributed by atoms with Gasteiger partial charge in [-0.2, -0.15) is 0 Å². The van der Waals surface area contributed by atoms with E-state index in [0.717, 1.165) is 12.8 Å². The van der Waals surface area contributed by atoms with Gasteiger partial charge in [-0.05, 0) is 47.5 Å². The van der Waals surface area contributed by atoms with E-state index in [2.05, 4.69) is 5.32 Å². The molecule has 2 N–H and O–H groups in total. The molecule has 0 atom stereocenters. The molecule has 0 spiro atoms. The minimum atomic E-state index is -1.02. The highest BCUT2D eigenvalue weighted by Crippen LogP contribution is 2.32. The molecule has 104 valence electrons. The van der Waals surface area contributed by atoms with E-state index in [4.69, 9.17) is 0 Å². The summed E-state index contributed by atoms with van der Waals surface area (Å²) in [5.74, 6) is -0.915. The molecule has 0 bridgehead atoms. The molecule has 0 saturated heterocycles. The predicted octanol–water partition coefficient (Wildman–Crippen LogP) is 2.07. The summed E-state index contributed by atoms with van der Waals surface area (Å²) in [6, 6.07) is 0.165. The summed E-state index contributed by atoms with van der Waals surface area (Å²) in [5.41, 5.74) is -1.83. The SMILES string of the molecule is CCN(C(=O)NC(C)(C)C(C)(C)C(=O)O)C1CC1. The highest BCUT2D eigenvalue weighted by atomic mass is 16.4. The maximum atomic E-state index is 12.2. The quantitative estimate of drug-likeness (QED) is 0.791. The first-order valence-corrected chi connectivity index (χ1v) is 6.45. The molecule has 0 aliphatic heterocycles. The van der Waals surface area contributed by atoms with Gasteiger partial charge in [0.2, 0.25) is 0 Å². The first kappa shape index (κ1) is 14.8. The van der Waals surface area contributed by atoms with E-state index in [-0.39, 0.29) is 6.03 Å². The molecular formula is C13H24N2O3. The van der Waals surface area contributed by atoms with Crippen molar-refractivity contribution in [3.63, 3.8) is 0 Å². The molecule has 0 aromatic carbocycles. The molecule has 1 aliphatic rings. The molecule has 0 radical (unpaired) electrons. The van der Waals surface area contributed by atoms with Gasteiger partial charge < -0.3 is 15.3 Å². The highest BCUT2D eigenvalue weighted by molar-refractivity contribution is 5.80. The number of urea groups is 1. The van der Waals surface area contributed by atoms with Gasteiger partial charge >= 0.3 is 12.0 Å². The van der Waals surface area contributed by atoms with Gasteiger partial charge in [-0.3, -0.25) is 4.79 Å². The van der Waals surface area contributed by atoms with E-state index in [9.17, 15) is 14.7 Å². The molecule has 5 heteroatoms. The number of amides is 2. The molecule has 1 rings (SSSR count). The maximum absolute atomic E-state index is 12.2. The predicted molar refractivity (Wildman–Crippen MR) is 69.4 cm³/mol. The molecule has 5 nitrogen and oxygen atoms in total. The molecule has 1 saturated carbocycles. The summed E-state index contributed by atoms with van der Waals surface area (Å²) in [6.45, 7) is 9.35. The number of carbonyl (C=O) groups excluding carboxylic acids is 1. The number of aliphatic carboxylic acids is 1. The Morgan fingerprint density at radius 2 is 1.78 bits per heavy atom. The van der Waals surface area contributed by atoms with Crippen LogP contribution in [0.2, 0.25) is 0 Å². The summed E-state index contributed by atoms with van der Waals surface area (Å²) in [6.07, 6.45) is 2.09. The lowest BCUT2D eigenvalue weighted by Gasteiger charge is -2.40. The Labute approximate surface area is 109 Å². The second-order valence-corrected chi connectivity index (χ2v) is 6.00. The van der Waals surface area contributed by atoms with Crippen LogP contribution in [0, 0.1) is 5.41 Å². The van der Waals surface area contributed by atoms with E-state index < -0.39 is 16.9 Å². The number of hydrogen-bond donors (Lipinski definition) is 2. The second kappa shape index (κ2) is 4.78. The zero-order valence-electron chi connectivity index (χ0n) is 11.9. The zero-order valence-corrected chi connectivity index (χ0v) is 11.9. The minimum Gasteiger partial charge on any atom is -0.481 e. The van der Waals surface area contributed by atoms with E-state index in [1.165, 1.54) is 0 Å². The fourth-order valence-corrected chi connectivity index (χ4v) is 1.72. The Bertz CT molecular complexity index is 346. The Morgan fingerprint density at radius 3 is 2.11 bits per heavy atom. The zero-order chi connectivity index (χ0) is 14.1. The molecule has 18 heavy (non-hydrogen) atoms. The van der Waals surface area contributed by atoms with Crippen LogP contribution in [0.3, 0.4) is 0 Å². The first-order valence-electron chi connectivity index (χ1n) is 6.45. The normalized spacial score (nSPS) is 16.3. The van der Waals surface area contributed by atoms with Crippen LogP contribution in [-0.4, -0.2) is 40.1 Å². The standard InChI is InChI=1S/C13H24N2O3/c1-6-15(9-7-8-9)11(18)14-13(4,5)12(2,3)10(16)17/h9H,6-8H2,1-5H3,(H,14,18)(H,16,17). The van der Waals surface area contributed by atoms with Crippen molar-refractivity contribution in [3.8, 4) is 0 Å². The third-order valence-corrected chi connectivity index (χ3v) is 4.11. The van der Waals surface area contributed by atoms with E-state index in [1.54, 1.807) is 32.6 Å². The number of hydrogen-bond acceptors (Lipinski definition) is 2. The van der Waals surface area contributed by atoms with Crippen LogP contribution < -0.4 is 5.32 Å². The molecule has 1 aliphatic carbocycles. The number of rotatable bonds is 5. The van der Waals surface area contributed by atoms with Crippen molar-refractivity contribution in [2.24, 2.45) is 5.41 Å². The number of carboxylic acids is 1. The van der Waals surface area contributed by atoms with Crippen LogP contribution in [0.25, 0.3) is 0 Å². The third-order valence-electron chi connectivity index (χ3n) is 4.11. The van der Waals surface area contributed by atoms with Crippen molar-refractivity contribution in [1.82, 2.24) is 10.2 Å². The van der Waals surface area contributed by atoms with Gasteiger partial charge in [-0.1, -0.05) is 0 Å². The van der Waals surface area contributed by atoms with Crippen LogP contribution in [0.5, 0.6) is 0 Å². The number of nitrogens with zero attached hydrogens (tertiary/aromatic N) is 1. The van der Waals surface area contributed by atoms with Gasteiger partial charge in [-0.15, -0.1) is 0 Å². The largest absolute Gasteiger partial charge is 0.481 e. The highest BCUT2D eigenvalue weighted by Gasteiger charge is 2.45. The van der Waals surface area contributed by atoms with Gasteiger partial charge in [0.1, 0.15) is 0 Å². The summed E-state index contributed by atoms with van der Waals surface area (Å²) in [7, 11) is 0. The number of carbonyl (C=O) groups is 2. The van der Waals surface area contributed by atoms with Crippen LogP contribution in [0.1, 0.15) is 47.5 Å². The molecule has 1 fully saturated rings. The fraction of sp³-hybridized carbons (Fsp3) is 0.846. The average molecular weight is 256 g/mol. The van der Waals surface area contributed by atoms with Crippen LogP contribution in [-0.2, 0) is 4.79 Å². The van der Waals surface area contributed by atoms with E-state index in [0.29, 0.717) is 12.6 Å². The monoisotopic (exact) mass is 256 g/mol. The van der Waals surface area contributed by atoms with Crippen molar-refractivity contribution < 1.29 is 14.7 Å². The van der Waals surface area contributed by atoms with Gasteiger partial charge in [0.05, 0.1) is 11.0 Å². The van der Waals surface area contributed by atoms with Gasteiger partial charge in [0.15, 0.2) is 0 Å². The van der Waals surface area contributed by atoms with Crippen molar-refractivity contribution in [2.75, 3.05) is 6.54 Å². The number of carboxylic acid groups (broad SMARTS) is 1. The second-order valence-electron chi connectivity index (χ2n) is 6.00. The Morgan fingerprint density at radius 1 is 1.28 bits per heavy atom. The lowest BCUT2D eigenvalue weighted by Crippen LogP contribution is -2.59. The fourth-order valence-electron chi connectivity index (χ4n) is 1.72. The van der Waals surface area contributed by atoms with Gasteiger partial charge in [0.25, 0.3) is 0 Å². The lowest BCUT2D eigenvalue weighted by molar-refractivity contribution is -0.150. The average Bonchev–Trinajstić information content (AvgIpc) is 3.01. The topological polar surface area (TPSA) is 69.6 Å². The lowest BCUT2D eigenvalue weighted by atomic mass is 9.74. The first-order chi connectivity index (χ1) is 8.13. The van der Waals surface area contributed by atoms with Gasteiger partial charge in [-0.25, -0.2) is 4.79 Å². The molecule has 2 amide bonds. The maximum Gasteiger partial charge on any atom is 0.318 e. The van der Waals surface area contributed by atoms with Crippen LogP contribution in [0.4, 0.5) is 4.79 Å². The molecule has 0 heterocycles. The van der Waals surface area contributed by atoms with Crippen molar-refractivity contribution in [1.29, 1.82) is 0 Å². The summed E-state index contributed by atoms with van der Waals surface area (Å²) < 4.78 is 0. The Hall–Kier alpha value is -1.26.